The first-order chi connectivity index (χ1) is 8.00. The Morgan fingerprint density at radius 2 is 2.06 bits per heavy atom. The van der Waals surface area contributed by atoms with Crippen LogP contribution >= 0.6 is 0 Å². The Kier molecular flexibility index (Phi) is 3.33. The third-order valence-corrected chi connectivity index (χ3v) is 3.77. The van der Waals surface area contributed by atoms with E-state index >= 15 is 0 Å². The largest absolute Gasteiger partial charge is 0.368 e. The maximum absolute atomic E-state index is 4.37. The molecule has 0 unspecified atom stereocenters. The minimum absolute atomic E-state index is 0.121. The zero-order chi connectivity index (χ0) is 12.5. The average Bonchev–Trinajstić information content (AvgIpc) is 2.74. The van der Waals surface area contributed by atoms with Gasteiger partial charge in [0.25, 0.3) is 0 Å². The molecule has 1 heterocycles. The Morgan fingerprint density at radius 3 is 2.76 bits per heavy atom. The van der Waals surface area contributed by atoms with E-state index < -0.39 is 0 Å². The minimum atomic E-state index is 0.121. The summed E-state index contributed by atoms with van der Waals surface area (Å²) >= 11 is 0. The molecule has 94 valence electrons. The monoisotopic (exact) mass is 234 g/mol. The maximum atomic E-state index is 4.37. The van der Waals surface area contributed by atoms with Crippen LogP contribution in [0.15, 0.2) is 6.33 Å². The van der Waals surface area contributed by atoms with Gasteiger partial charge in [0.2, 0.25) is 0 Å². The lowest BCUT2D eigenvalue weighted by Crippen LogP contribution is -2.44. The quantitative estimate of drug-likeness (QED) is 0.861. The summed E-state index contributed by atoms with van der Waals surface area (Å²) in [5.74, 6) is 1.03. The van der Waals surface area contributed by atoms with E-state index in [1.807, 2.05) is 0 Å². The number of rotatable bonds is 4. The summed E-state index contributed by atoms with van der Waals surface area (Å²) < 4.78 is 0. The van der Waals surface area contributed by atoms with E-state index in [-0.39, 0.29) is 5.54 Å². The van der Waals surface area contributed by atoms with Crippen LogP contribution in [0.3, 0.4) is 0 Å². The van der Waals surface area contributed by atoms with Crippen LogP contribution in [0.1, 0.15) is 31.5 Å². The molecule has 0 fully saturated rings. The summed E-state index contributed by atoms with van der Waals surface area (Å²) in [5.41, 5.74) is 2.67. The van der Waals surface area contributed by atoms with Crippen LogP contribution in [0.5, 0.6) is 0 Å². The predicted octanol–water partition coefficient (Wildman–Crippen LogP) is 1.72. The highest BCUT2D eigenvalue weighted by Gasteiger charge is 2.22. The summed E-state index contributed by atoms with van der Waals surface area (Å²) in [4.78, 5) is 10.9. The molecule has 1 aliphatic carbocycles. The predicted molar refractivity (Wildman–Crippen MR) is 70.3 cm³/mol. The standard InChI is InChI=1S/C13H22N4/c1-13(2,17(3)4)8-14-12-10-6-5-7-11(10)15-9-16-12/h9H,5-8H2,1-4H3,(H,14,15,16). The van der Waals surface area contributed by atoms with E-state index in [1.54, 1.807) is 6.33 Å². The highest BCUT2D eigenvalue weighted by Crippen LogP contribution is 2.25. The van der Waals surface area contributed by atoms with E-state index in [1.165, 1.54) is 17.7 Å². The second-order valence-electron chi connectivity index (χ2n) is 5.56. The van der Waals surface area contributed by atoms with E-state index in [2.05, 4.69) is 48.1 Å². The fraction of sp³-hybridized carbons (Fsp3) is 0.692. The van der Waals surface area contributed by atoms with Crippen LogP contribution < -0.4 is 5.32 Å². The molecular formula is C13H22N4. The normalized spacial score (nSPS) is 15.1. The van der Waals surface area contributed by atoms with E-state index in [0.717, 1.165) is 25.2 Å². The van der Waals surface area contributed by atoms with Gasteiger partial charge in [-0.25, -0.2) is 9.97 Å². The van der Waals surface area contributed by atoms with Gasteiger partial charge in [-0.2, -0.15) is 0 Å². The van der Waals surface area contributed by atoms with Crippen LogP contribution in [-0.4, -0.2) is 41.0 Å². The number of nitrogens with one attached hydrogen (secondary N) is 1. The zero-order valence-corrected chi connectivity index (χ0v) is 11.2. The molecule has 1 aliphatic rings. The van der Waals surface area contributed by atoms with Crippen LogP contribution in [0.4, 0.5) is 5.82 Å². The Morgan fingerprint density at radius 1 is 1.29 bits per heavy atom. The third-order valence-electron chi connectivity index (χ3n) is 3.77. The van der Waals surface area contributed by atoms with Gasteiger partial charge in [0.05, 0.1) is 0 Å². The zero-order valence-electron chi connectivity index (χ0n) is 11.2. The summed E-state index contributed by atoms with van der Waals surface area (Å²) in [7, 11) is 4.21. The maximum Gasteiger partial charge on any atom is 0.132 e. The second-order valence-corrected chi connectivity index (χ2v) is 5.56. The molecule has 0 bridgehead atoms. The molecule has 0 atom stereocenters. The van der Waals surface area contributed by atoms with Crippen molar-refractivity contribution in [3.05, 3.63) is 17.6 Å². The molecule has 0 spiro atoms. The molecule has 4 nitrogen and oxygen atoms in total. The molecule has 0 saturated carbocycles. The number of hydrogen-bond donors (Lipinski definition) is 1. The molecule has 0 aliphatic heterocycles. The molecule has 2 rings (SSSR count). The minimum Gasteiger partial charge on any atom is -0.368 e. The number of anilines is 1. The first-order valence-corrected chi connectivity index (χ1v) is 6.25. The Balaban J connectivity index is 2.08. The highest BCUT2D eigenvalue weighted by molar-refractivity contribution is 5.48. The Bertz CT molecular complexity index is 398. The SMILES string of the molecule is CN(C)C(C)(C)CNc1ncnc2c1CCC2. The molecule has 0 saturated heterocycles. The molecule has 17 heavy (non-hydrogen) atoms. The Hall–Kier alpha value is -1.16. The lowest BCUT2D eigenvalue weighted by Gasteiger charge is -2.33. The molecule has 4 heteroatoms. The van der Waals surface area contributed by atoms with Gasteiger partial charge in [0.15, 0.2) is 0 Å². The number of aromatic nitrogens is 2. The van der Waals surface area contributed by atoms with E-state index in [9.17, 15) is 0 Å². The average molecular weight is 234 g/mol. The first kappa shape index (κ1) is 12.3. The number of fused-ring (bicyclic) bond motifs is 1. The van der Waals surface area contributed by atoms with Crippen molar-refractivity contribution in [2.24, 2.45) is 0 Å². The molecular weight excluding hydrogens is 212 g/mol. The van der Waals surface area contributed by atoms with Gasteiger partial charge in [-0.15, -0.1) is 0 Å². The molecule has 1 aromatic heterocycles. The summed E-state index contributed by atoms with van der Waals surface area (Å²) in [6.45, 7) is 5.34. The van der Waals surface area contributed by atoms with Crippen molar-refractivity contribution in [2.45, 2.75) is 38.6 Å². The van der Waals surface area contributed by atoms with Gasteiger partial charge < -0.3 is 10.2 Å². The summed E-state index contributed by atoms with van der Waals surface area (Å²) in [6, 6.07) is 0. The van der Waals surface area contributed by atoms with Crippen molar-refractivity contribution < 1.29 is 0 Å². The van der Waals surface area contributed by atoms with Crippen LogP contribution in [0.2, 0.25) is 0 Å². The van der Waals surface area contributed by atoms with E-state index in [4.69, 9.17) is 0 Å². The molecule has 0 amide bonds. The van der Waals surface area contributed by atoms with Crippen molar-refractivity contribution in [3.8, 4) is 0 Å². The van der Waals surface area contributed by atoms with Crippen LogP contribution in [0, 0.1) is 0 Å². The summed E-state index contributed by atoms with van der Waals surface area (Å²) in [5, 5.41) is 3.47. The number of likely N-dealkylation sites (N-methyl/N-ethyl adjacent to an activating group) is 1. The molecule has 0 aromatic carbocycles. The smallest absolute Gasteiger partial charge is 0.132 e. The van der Waals surface area contributed by atoms with Crippen LogP contribution in [0.25, 0.3) is 0 Å². The molecule has 1 N–H and O–H groups in total. The van der Waals surface area contributed by atoms with Crippen molar-refractivity contribution in [1.82, 2.24) is 14.9 Å². The van der Waals surface area contributed by atoms with Gasteiger partial charge >= 0.3 is 0 Å². The third kappa shape index (κ3) is 2.57. The topological polar surface area (TPSA) is 41.0 Å². The highest BCUT2D eigenvalue weighted by atomic mass is 15.2. The molecule has 1 aromatic rings. The number of aryl methyl sites for hydroxylation is 1. The van der Waals surface area contributed by atoms with Crippen LogP contribution in [-0.2, 0) is 12.8 Å². The number of hydrogen-bond acceptors (Lipinski definition) is 4. The van der Waals surface area contributed by atoms with Gasteiger partial charge in [-0.05, 0) is 47.2 Å². The van der Waals surface area contributed by atoms with Gasteiger partial charge in [0.1, 0.15) is 12.1 Å². The first-order valence-electron chi connectivity index (χ1n) is 6.25. The molecule has 0 radical (unpaired) electrons. The van der Waals surface area contributed by atoms with Crippen molar-refractivity contribution >= 4 is 5.82 Å². The number of nitrogens with zero attached hydrogens (tertiary/aromatic N) is 3. The van der Waals surface area contributed by atoms with Gasteiger partial charge in [-0.3, -0.25) is 0 Å². The fourth-order valence-corrected chi connectivity index (χ4v) is 1.97. The van der Waals surface area contributed by atoms with Crippen molar-refractivity contribution in [2.75, 3.05) is 26.0 Å². The van der Waals surface area contributed by atoms with Gasteiger partial charge in [-0.1, -0.05) is 0 Å². The van der Waals surface area contributed by atoms with Crippen molar-refractivity contribution in [3.63, 3.8) is 0 Å². The Labute approximate surface area is 103 Å². The van der Waals surface area contributed by atoms with Gasteiger partial charge in [0, 0.05) is 23.3 Å². The van der Waals surface area contributed by atoms with Crippen molar-refractivity contribution in [1.29, 1.82) is 0 Å². The lowest BCUT2D eigenvalue weighted by molar-refractivity contribution is 0.210. The second kappa shape index (κ2) is 4.61. The lowest BCUT2D eigenvalue weighted by atomic mass is 10.0. The van der Waals surface area contributed by atoms with E-state index in [0.29, 0.717) is 0 Å². The fourth-order valence-electron chi connectivity index (χ4n) is 1.97. The summed E-state index contributed by atoms with van der Waals surface area (Å²) in [6.07, 6.45) is 5.10.